The smallest absolute Gasteiger partial charge is 0.244 e. The first kappa shape index (κ1) is 13.1. The van der Waals surface area contributed by atoms with E-state index in [1.54, 1.807) is 5.48 Å². The summed E-state index contributed by atoms with van der Waals surface area (Å²) in [6.07, 6.45) is 1.96. The van der Waals surface area contributed by atoms with Crippen molar-refractivity contribution in [1.29, 1.82) is 0 Å². The van der Waals surface area contributed by atoms with E-state index in [4.69, 9.17) is 5.21 Å². The van der Waals surface area contributed by atoms with Gasteiger partial charge in [-0.25, -0.2) is 5.48 Å². The molecule has 1 aromatic rings. The summed E-state index contributed by atoms with van der Waals surface area (Å²) in [6, 6.07) is 8.32. The van der Waals surface area contributed by atoms with E-state index in [-0.39, 0.29) is 17.6 Å². The molecule has 0 spiro atoms. The van der Waals surface area contributed by atoms with Crippen LogP contribution >= 0.6 is 12.6 Å². The van der Waals surface area contributed by atoms with Crippen LogP contribution in [0.3, 0.4) is 0 Å². The predicted octanol–water partition coefficient (Wildman–Crippen LogP) is 2.12. The maximum absolute atomic E-state index is 10.9. The van der Waals surface area contributed by atoms with Crippen molar-refractivity contribution in [2.45, 2.75) is 31.4 Å². The average molecular weight is 239 g/mol. The number of thiol groups is 1. The maximum atomic E-state index is 10.9. The van der Waals surface area contributed by atoms with E-state index < -0.39 is 0 Å². The van der Waals surface area contributed by atoms with Crippen LogP contribution in [-0.4, -0.2) is 16.4 Å². The van der Waals surface area contributed by atoms with Crippen LogP contribution in [-0.2, 0) is 11.2 Å². The number of benzene rings is 1. The van der Waals surface area contributed by atoms with Gasteiger partial charge in [0.25, 0.3) is 0 Å². The van der Waals surface area contributed by atoms with Crippen molar-refractivity contribution >= 4 is 18.5 Å². The van der Waals surface area contributed by atoms with Gasteiger partial charge in [0.2, 0.25) is 5.91 Å². The molecule has 3 nitrogen and oxygen atoms in total. The largest absolute Gasteiger partial charge is 0.289 e. The highest BCUT2D eigenvalue weighted by atomic mass is 32.1. The predicted molar refractivity (Wildman–Crippen MR) is 66.8 cm³/mol. The van der Waals surface area contributed by atoms with Crippen molar-refractivity contribution in [3.8, 4) is 0 Å². The molecule has 0 radical (unpaired) electrons. The van der Waals surface area contributed by atoms with Gasteiger partial charge in [-0.15, -0.1) is 0 Å². The molecule has 1 atom stereocenters. The average Bonchev–Trinajstić information content (AvgIpc) is 2.28. The number of rotatable bonds is 5. The fourth-order valence-corrected chi connectivity index (χ4v) is 1.74. The quantitative estimate of drug-likeness (QED) is 0.419. The molecule has 0 bridgehead atoms. The molecule has 0 fully saturated rings. The first-order valence-electron chi connectivity index (χ1n) is 5.28. The van der Waals surface area contributed by atoms with E-state index in [0.717, 1.165) is 12.8 Å². The Bertz CT molecular complexity index is 337. The van der Waals surface area contributed by atoms with Gasteiger partial charge in [-0.05, 0) is 25.3 Å². The standard InChI is InChI=1S/C12H17NO2S/c1-9-2-4-10(5-3-9)6-7-11(16)8-12(14)13-15/h2-5,11,15-16H,6-8H2,1H3,(H,13,14). The number of carbonyl (C=O) groups excluding carboxylic acids is 1. The molecule has 0 saturated carbocycles. The van der Waals surface area contributed by atoms with Crippen molar-refractivity contribution in [3.63, 3.8) is 0 Å². The van der Waals surface area contributed by atoms with Gasteiger partial charge < -0.3 is 0 Å². The highest BCUT2D eigenvalue weighted by molar-refractivity contribution is 7.81. The first-order valence-corrected chi connectivity index (χ1v) is 5.80. The second-order valence-electron chi connectivity index (χ2n) is 3.92. The number of carbonyl (C=O) groups is 1. The van der Waals surface area contributed by atoms with Gasteiger partial charge in [0.05, 0.1) is 0 Å². The molecule has 0 aliphatic rings. The van der Waals surface area contributed by atoms with Crippen LogP contribution in [0.5, 0.6) is 0 Å². The lowest BCUT2D eigenvalue weighted by molar-refractivity contribution is -0.129. The van der Waals surface area contributed by atoms with Crippen LogP contribution in [0.2, 0.25) is 0 Å². The minimum Gasteiger partial charge on any atom is -0.289 e. The zero-order chi connectivity index (χ0) is 12.0. The minimum absolute atomic E-state index is 0.0200. The number of hydroxylamine groups is 1. The molecule has 4 heteroatoms. The summed E-state index contributed by atoms with van der Waals surface area (Å²) in [4.78, 5) is 10.9. The molecule has 1 unspecified atom stereocenters. The molecule has 88 valence electrons. The summed E-state index contributed by atoms with van der Waals surface area (Å²) in [5.74, 6) is -0.385. The first-order chi connectivity index (χ1) is 7.61. The van der Waals surface area contributed by atoms with Crippen molar-refractivity contribution < 1.29 is 10.0 Å². The fraction of sp³-hybridized carbons (Fsp3) is 0.417. The Balaban J connectivity index is 2.34. The van der Waals surface area contributed by atoms with Gasteiger partial charge in [0.15, 0.2) is 0 Å². The summed E-state index contributed by atoms with van der Waals surface area (Å²) in [6.45, 7) is 2.05. The van der Waals surface area contributed by atoms with Crippen molar-refractivity contribution in [2.75, 3.05) is 0 Å². The Hall–Kier alpha value is -1.00. The molecule has 1 aromatic carbocycles. The van der Waals surface area contributed by atoms with Crippen LogP contribution in [0.25, 0.3) is 0 Å². The molecule has 16 heavy (non-hydrogen) atoms. The normalized spacial score (nSPS) is 12.2. The van der Waals surface area contributed by atoms with Crippen LogP contribution in [0.1, 0.15) is 24.0 Å². The zero-order valence-corrected chi connectivity index (χ0v) is 10.2. The topological polar surface area (TPSA) is 49.3 Å². The Kier molecular flexibility index (Phi) is 5.35. The molecule has 0 aliphatic heterocycles. The monoisotopic (exact) mass is 239 g/mol. The van der Waals surface area contributed by atoms with Crippen LogP contribution in [0, 0.1) is 6.92 Å². The molecule has 2 N–H and O–H groups in total. The van der Waals surface area contributed by atoms with E-state index in [0.29, 0.717) is 0 Å². The van der Waals surface area contributed by atoms with Gasteiger partial charge in [0, 0.05) is 11.7 Å². The van der Waals surface area contributed by atoms with Crippen LogP contribution in [0.4, 0.5) is 0 Å². The van der Waals surface area contributed by atoms with Gasteiger partial charge in [-0.1, -0.05) is 29.8 Å². The van der Waals surface area contributed by atoms with Crippen LogP contribution in [0.15, 0.2) is 24.3 Å². The summed E-state index contributed by atoms with van der Waals surface area (Å²) in [7, 11) is 0. The fourth-order valence-electron chi connectivity index (χ4n) is 1.45. The third-order valence-corrected chi connectivity index (χ3v) is 2.87. The molecule has 1 rings (SSSR count). The van der Waals surface area contributed by atoms with E-state index in [1.807, 2.05) is 0 Å². The van der Waals surface area contributed by atoms with Gasteiger partial charge in [-0.2, -0.15) is 12.6 Å². The number of hydrogen-bond donors (Lipinski definition) is 3. The number of hydrogen-bond acceptors (Lipinski definition) is 3. The zero-order valence-electron chi connectivity index (χ0n) is 9.31. The third-order valence-electron chi connectivity index (χ3n) is 2.43. The minimum atomic E-state index is -0.385. The van der Waals surface area contributed by atoms with Crippen LogP contribution < -0.4 is 5.48 Å². The molecule has 0 aliphatic carbocycles. The van der Waals surface area contributed by atoms with Crippen molar-refractivity contribution in [2.24, 2.45) is 0 Å². The van der Waals surface area contributed by atoms with E-state index in [1.165, 1.54) is 11.1 Å². The van der Waals surface area contributed by atoms with E-state index in [9.17, 15) is 4.79 Å². The van der Waals surface area contributed by atoms with Crippen molar-refractivity contribution in [3.05, 3.63) is 35.4 Å². The van der Waals surface area contributed by atoms with Gasteiger partial charge >= 0.3 is 0 Å². The lowest BCUT2D eigenvalue weighted by Gasteiger charge is -2.09. The molecular formula is C12H17NO2S. The molecule has 0 aromatic heterocycles. The Labute approximate surface area is 101 Å². The van der Waals surface area contributed by atoms with E-state index >= 15 is 0 Å². The van der Waals surface area contributed by atoms with Crippen molar-refractivity contribution in [1.82, 2.24) is 5.48 Å². The lowest BCUT2D eigenvalue weighted by Crippen LogP contribution is -2.22. The molecular weight excluding hydrogens is 222 g/mol. The number of aryl methyl sites for hydroxylation is 2. The highest BCUT2D eigenvalue weighted by Crippen LogP contribution is 2.12. The Morgan fingerprint density at radius 1 is 1.44 bits per heavy atom. The summed E-state index contributed by atoms with van der Waals surface area (Å²) in [5, 5.41) is 8.35. The maximum Gasteiger partial charge on any atom is 0.244 e. The summed E-state index contributed by atoms with van der Waals surface area (Å²) in [5.41, 5.74) is 4.10. The van der Waals surface area contributed by atoms with Gasteiger partial charge in [0.1, 0.15) is 0 Å². The second-order valence-corrected chi connectivity index (χ2v) is 4.65. The van der Waals surface area contributed by atoms with E-state index in [2.05, 4.69) is 43.8 Å². The number of nitrogens with one attached hydrogen (secondary N) is 1. The Morgan fingerprint density at radius 3 is 2.62 bits per heavy atom. The molecule has 0 saturated heterocycles. The number of amides is 1. The summed E-state index contributed by atoms with van der Waals surface area (Å²) < 4.78 is 0. The lowest BCUT2D eigenvalue weighted by atomic mass is 10.1. The second kappa shape index (κ2) is 6.55. The summed E-state index contributed by atoms with van der Waals surface area (Å²) >= 11 is 4.30. The SMILES string of the molecule is Cc1ccc(CCC(S)CC(=O)NO)cc1. The van der Waals surface area contributed by atoms with Gasteiger partial charge in [-0.3, -0.25) is 10.0 Å². The Morgan fingerprint density at radius 2 is 2.06 bits per heavy atom. The third kappa shape index (κ3) is 4.68. The molecule has 1 amide bonds. The molecule has 0 heterocycles. The highest BCUT2D eigenvalue weighted by Gasteiger charge is 2.08.